The lowest BCUT2D eigenvalue weighted by atomic mass is 9.88. The molecule has 3 N–H and O–H groups in total. The van der Waals surface area contributed by atoms with Gasteiger partial charge in [0.15, 0.2) is 6.10 Å². The molecule has 2 unspecified atom stereocenters. The summed E-state index contributed by atoms with van der Waals surface area (Å²) in [7, 11) is 0. The molecule has 0 radical (unpaired) electrons. The number of hydrogen-bond donors (Lipinski definition) is 2. The number of amides is 1. The zero-order valence-electron chi connectivity index (χ0n) is 13.9. The fourth-order valence-electron chi connectivity index (χ4n) is 1.73. The minimum Gasteiger partial charge on any atom is -0.481 e. The SMILES string of the molecule is CSc1ccc(OC(C)C(=O)NC(C)(CN)C(C)C)cc1.Cl. The van der Waals surface area contributed by atoms with Crippen molar-refractivity contribution in [2.75, 3.05) is 12.8 Å². The summed E-state index contributed by atoms with van der Waals surface area (Å²) in [4.78, 5) is 13.4. The quantitative estimate of drug-likeness (QED) is 0.745. The molecule has 126 valence electrons. The van der Waals surface area contributed by atoms with E-state index in [1.807, 2.05) is 51.3 Å². The lowest BCUT2D eigenvalue weighted by Gasteiger charge is -2.34. The van der Waals surface area contributed by atoms with Crippen LogP contribution in [0.3, 0.4) is 0 Å². The zero-order chi connectivity index (χ0) is 16.0. The van der Waals surface area contributed by atoms with Gasteiger partial charge in [0.25, 0.3) is 5.91 Å². The molecule has 22 heavy (non-hydrogen) atoms. The number of thioether (sulfide) groups is 1. The first kappa shape index (κ1) is 21.1. The second-order valence-electron chi connectivity index (χ2n) is 5.70. The zero-order valence-corrected chi connectivity index (χ0v) is 15.5. The molecule has 0 aliphatic rings. The molecule has 1 aromatic rings. The summed E-state index contributed by atoms with van der Waals surface area (Å²) in [5.74, 6) is 0.791. The molecule has 0 heterocycles. The highest BCUT2D eigenvalue weighted by molar-refractivity contribution is 7.98. The third-order valence-electron chi connectivity index (χ3n) is 3.85. The van der Waals surface area contributed by atoms with E-state index in [4.69, 9.17) is 10.5 Å². The number of ether oxygens (including phenoxy) is 1. The standard InChI is InChI=1S/C16H26N2O2S.ClH/c1-11(2)16(4,10-17)18-15(19)12(3)20-13-6-8-14(21-5)9-7-13;/h6-9,11-12H,10,17H2,1-5H3,(H,18,19);1H. The summed E-state index contributed by atoms with van der Waals surface area (Å²) < 4.78 is 5.68. The molecule has 0 aliphatic carbocycles. The summed E-state index contributed by atoms with van der Waals surface area (Å²) >= 11 is 1.67. The first-order chi connectivity index (χ1) is 9.82. The fraction of sp³-hybridized carbons (Fsp3) is 0.562. The Bertz CT molecular complexity index is 468. The van der Waals surface area contributed by atoms with E-state index in [0.29, 0.717) is 12.3 Å². The van der Waals surface area contributed by atoms with E-state index in [1.54, 1.807) is 18.7 Å². The number of nitrogens with one attached hydrogen (secondary N) is 1. The van der Waals surface area contributed by atoms with Gasteiger partial charge in [0.05, 0.1) is 5.54 Å². The van der Waals surface area contributed by atoms with Crippen molar-refractivity contribution in [2.45, 2.75) is 44.2 Å². The van der Waals surface area contributed by atoms with Crippen LogP contribution in [-0.4, -0.2) is 30.4 Å². The molecule has 4 nitrogen and oxygen atoms in total. The molecule has 0 spiro atoms. The lowest BCUT2D eigenvalue weighted by Crippen LogP contribution is -2.57. The van der Waals surface area contributed by atoms with Gasteiger partial charge >= 0.3 is 0 Å². The van der Waals surface area contributed by atoms with Crippen LogP contribution < -0.4 is 15.8 Å². The Balaban J connectivity index is 0.00000441. The van der Waals surface area contributed by atoms with Crippen LogP contribution >= 0.6 is 24.2 Å². The minimum atomic E-state index is -0.560. The van der Waals surface area contributed by atoms with Crippen molar-refractivity contribution in [1.29, 1.82) is 0 Å². The minimum absolute atomic E-state index is 0. The van der Waals surface area contributed by atoms with Crippen molar-refractivity contribution >= 4 is 30.1 Å². The van der Waals surface area contributed by atoms with Crippen LogP contribution in [0.4, 0.5) is 0 Å². The molecule has 0 fully saturated rings. The van der Waals surface area contributed by atoms with E-state index in [1.165, 1.54) is 0 Å². The summed E-state index contributed by atoms with van der Waals surface area (Å²) in [6, 6.07) is 7.70. The Morgan fingerprint density at radius 1 is 1.32 bits per heavy atom. The summed E-state index contributed by atoms with van der Waals surface area (Å²) in [6.07, 6.45) is 1.46. The van der Waals surface area contributed by atoms with Gasteiger partial charge in [-0.15, -0.1) is 24.2 Å². The van der Waals surface area contributed by atoms with E-state index in [-0.39, 0.29) is 24.2 Å². The number of nitrogens with two attached hydrogens (primary N) is 1. The second-order valence-corrected chi connectivity index (χ2v) is 6.58. The van der Waals surface area contributed by atoms with Crippen molar-refractivity contribution in [3.8, 4) is 5.75 Å². The highest BCUT2D eigenvalue weighted by Crippen LogP contribution is 2.20. The molecule has 1 aromatic carbocycles. The number of carbonyl (C=O) groups excluding carboxylic acids is 1. The molecular weight excluding hydrogens is 320 g/mol. The Hall–Kier alpha value is -0.910. The average Bonchev–Trinajstić information content (AvgIpc) is 2.47. The van der Waals surface area contributed by atoms with Gasteiger partial charge in [0.2, 0.25) is 0 Å². The van der Waals surface area contributed by atoms with E-state index in [9.17, 15) is 4.79 Å². The Morgan fingerprint density at radius 3 is 2.27 bits per heavy atom. The first-order valence-electron chi connectivity index (χ1n) is 7.15. The van der Waals surface area contributed by atoms with Gasteiger partial charge in [0.1, 0.15) is 5.75 Å². The number of halogens is 1. The maximum absolute atomic E-state index is 12.3. The monoisotopic (exact) mass is 346 g/mol. The third-order valence-corrected chi connectivity index (χ3v) is 4.59. The maximum Gasteiger partial charge on any atom is 0.261 e. The summed E-state index contributed by atoms with van der Waals surface area (Å²) in [6.45, 7) is 8.18. The highest BCUT2D eigenvalue weighted by Gasteiger charge is 2.30. The van der Waals surface area contributed by atoms with E-state index < -0.39 is 11.6 Å². The molecule has 0 saturated carbocycles. The molecule has 6 heteroatoms. The van der Waals surface area contributed by atoms with Crippen molar-refractivity contribution < 1.29 is 9.53 Å². The van der Waals surface area contributed by atoms with Crippen LogP contribution in [0.15, 0.2) is 29.2 Å². The summed E-state index contributed by atoms with van der Waals surface area (Å²) in [5, 5.41) is 2.99. The van der Waals surface area contributed by atoms with Crippen LogP contribution in [0.5, 0.6) is 5.75 Å². The molecular formula is C16H27ClN2O2S. The Labute approximate surface area is 144 Å². The van der Waals surface area contributed by atoms with E-state index in [0.717, 1.165) is 4.90 Å². The first-order valence-corrected chi connectivity index (χ1v) is 8.37. The van der Waals surface area contributed by atoms with Crippen molar-refractivity contribution in [2.24, 2.45) is 11.7 Å². The van der Waals surface area contributed by atoms with Crippen molar-refractivity contribution in [1.82, 2.24) is 5.32 Å². The molecule has 2 atom stereocenters. The lowest BCUT2D eigenvalue weighted by molar-refractivity contribution is -0.129. The van der Waals surface area contributed by atoms with Crippen LogP contribution in [0.2, 0.25) is 0 Å². The smallest absolute Gasteiger partial charge is 0.261 e. The van der Waals surface area contributed by atoms with Gasteiger partial charge in [-0.2, -0.15) is 0 Å². The molecule has 0 saturated heterocycles. The maximum atomic E-state index is 12.3. The Kier molecular flexibility index (Phi) is 8.89. The number of carbonyl (C=O) groups is 1. The van der Waals surface area contributed by atoms with Crippen LogP contribution in [0.25, 0.3) is 0 Å². The van der Waals surface area contributed by atoms with Gasteiger partial charge in [-0.3, -0.25) is 4.79 Å². The normalized spacial score (nSPS) is 14.7. The van der Waals surface area contributed by atoms with Gasteiger partial charge in [-0.1, -0.05) is 13.8 Å². The Morgan fingerprint density at radius 2 is 1.86 bits per heavy atom. The highest BCUT2D eigenvalue weighted by atomic mass is 35.5. The third kappa shape index (κ3) is 5.71. The molecule has 1 rings (SSSR count). The average molecular weight is 347 g/mol. The number of benzene rings is 1. The molecule has 0 bridgehead atoms. The predicted molar refractivity (Wildman–Crippen MR) is 96.0 cm³/mol. The topological polar surface area (TPSA) is 64.3 Å². The van der Waals surface area contributed by atoms with Crippen LogP contribution in [0.1, 0.15) is 27.7 Å². The van der Waals surface area contributed by atoms with Crippen LogP contribution in [0, 0.1) is 5.92 Å². The molecule has 0 aliphatic heterocycles. The van der Waals surface area contributed by atoms with Gasteiger partial charge in [-0.05, 0) is 50.3 Å². The van der Waals surface area contributed by atoms with Gasteiger partial charge in [0, 0.05) is 11.4 Å². The van der Waals surface area contributed by atoms with Crippen molar-refractivity contribution in [3.05, 3.63) is 24.3 Å². The van der Waals surface area contributed by atoms with Crippen molar-refractivity contribution in [3.63, 3.8) is 0 Å². The fourth-order valence-corrected chi connectivity index (χ4v) is 2.13. The second kappa shape index (κ2) is 9.28. The van der Waals surface area contributed by atoms with E-state index in [2.05, 4.69) is 5.32 Å². The molecule has 0 aromatic heterocycles. The predicted octanol–water partition coefficient (Wildman–Crippen LogP) is 3.09. The van der Waals surface area contributed by atoms with Crippen LogP contribution in [-0.2, 0) is 4.79 Å². The van der Waals surface area contributed by atoms with E-state index >= 15 is 0 Å². The summed E-state index contributed by atoms with van der Waals surface area (Å²) in [5.41, 5.74) is 5.36. The van der Waals surface area contributed by atoms with Gasteiger partial charge in [-0.25, -0.2) is 0 Å². The number of rotatable bonds is 7. The van der Waals surface area contributed by atoms with Gasteiger partial charge < -0.3 is 15.8 Å². The molecule has 1 amide bonds. The largest absolute Gasteiger partial charge is 0.481 e. The number of hydrogen-bond acceptors (Lipinski definition) is 4.